The average molecular weight is 258 g/mol. The number of para-hydroxylation sites is 1. The Bertz CT molecular complexity index is 673. The highest BCUT2D eigenvalue weighted by molar-refractivity contribution is 7.22. The van der Waals surface area contributed by atoms with E-state index < -0.39 is 0 Å². The number of aryl methyl sites for hydroxylation is 1. The molecule has 0 aliphatic heterocycles. The molecule has 3 aromatic rings. The van der Waals surface area contributed by atoms with Crippen molar-refractivity contribution in [2.45, 2.75) is 6.92 Å². The van der Waals surface area contributed by atoms with Crippen molar-refractivity contribution in [1.82, 2.24) is 4.98 Å². The fourth-order valence-corrected chi connectivity index (χ4v) is 2.65. The summed E-state index contributed by atoms with van der Waals surface area (Å²) >= 11 is 1.56. The highest BCUT2D eigenvalue weighted by Crippen LogP contribution is 2.29. The van der Waals surface area contributed by atoms with Gasteiger partial charge in [-0.1, -0.05) is 29.5 Å². The number of thiazole rings is 1. The maximum Gasteiger partial charge on any atom is 0.188 e. The molecule has 2 nitrogen and oxygen atoms in total. The molecule has 0 amide bonds. The third-order valence-electron chi connectivity index (χ3n) is 2.74. The van der Waals surface area contributed by atoms with Crippen LogP contribution in [0.2, 0.25) is 0 Å². The normalized spacial score (nSPS) is 10.8. The molecule has 0 atom stereocenters. The summed E-state index contributed by atoms with van der Waals surface area (Å²) in [5, 5.41) is 3.95. The summed E-state index contributed by atoms with van der Waals surface area (Å²) in [6, 6.07) is 12.6. The molecule has 0 fully saturated rings. The predicted molar refractivity (Wildman–Crippen MR) is 74.0 cm³/mol. The monoisotopic (exact) mass is 258 g/mol. The van der Waals surface area contributed by atoms with Crippen molar-refractivity contribution >= 4 is 32.4 Å². The minimum Gasteiger partial charge on any atom is -0.331 e. The molecule has 4 heteroatoms. The van der Waals surface area contributed by atoms with E-state index >= 15 is 0 Å². The van der Waals surface area contributed by atoms with Gasteiger partial charge in [0.1, 0.15) is 5.82 Å². The van der Waals surface area contributed by atoms with Gasteiger partial charge in [0.25, 0.3) is 0 Å². The smallest absolute Gasteiger partial charge is 0.188 e. The van der Waals surface area contributed by atoms with Crippen molar-refractivity contribution in [2.75, 3.05) is 5.32 Å². The Kier molecular flexibility index (Phi) is 2.72. The van der Waals surface area contributed by atoms with Crippen LogP contribution in [0.4, 0.5) is 15.2 Å². The van der Waals surface area contributed by atoms with Crippen molar-refractivity contribution in [3.63, 3.8) is 0 Å². The van der Waals surface area contributed by atoms with Crippen LogP contribution in [-0.2, 0) is 0 Å². The molecule has 0 unspecified atom stereocenters. The molecule has 0 spiro atoms. The first kappa shape index (κ1) is 11.2. The van der Waals surface area contributed by atoms with Gasteiger partial charge in [-0.25, -0.2) is 9.37 Å². The van der Waals surface area contributed by atoms with Crippen LogP contribution < -0.4 is 5.32 Å². The van der Waals surface area contributed by atoms with Gasteiger partial charge in [0.2, 0.25) is 0 Å². The van der Waals surface area contributed by atoms with E-state index in [0.29, 0.717) is 0 Å². The van der Waals surface area contributed by atoms with E-state index in [-0.39, 0.29) is 5.82 Å². The summed E-state index contributed by atoms with van der Waals surface area (Å²) in [4.78, 5) is 4.46. The zero-order valence-electron chi connectivity index (χ0n) is 9.77. The van der Waals surface area contributed by atoms with Crippen molar-refractivity contribution < 1.29 is 4.39 Å². The molecule has 0 radical (unpaired) electrons. The number of rotatable bonds is 2. The van der Waals surface area contributed by atoms with Crippen molar-refractivity contribution in [3.8, 4) is 0 Å². The Labute approximate surface area is 108 Å². The third-order valence-corrected chi connectivity index (χ3v) is 3.69. The van der Waals surface area contributed by atoms with Gasteiger partial charge in [-0.15, -0.1) is 0 Å². The van der Waals surface area contributed by atoms with E-state index in [2.05, 4.69) is 10.3 Å². The van der Waals surface area contributed by atoms with Crippen LogP contribution in [0, 0.1) is 12.7 Å². The minimum atomic E-state index is -0.246. The van der Waals surface area contributed by atoms with Gasteiger partial charge in [-0.3, -0.25) is 0 Å². The summed E-state index contributed by atoms with van der Waals surface area (Å²) in [7, 11) is 0. The van der Waals surface area contributed by atoms with Gasteiger partial charge in [-0.05, 0) is 36.8 Å². The number of anilines is 2. The molecular weight excluding hydrogens is 247 g/mol. The molecule has 0 bridgehead atoms. The molecule has 1 N–H and O–H groups in total. The lowest BCUT2D eigenvalue weighted by molar-refractivity contribution is 0.628. The highest BCUT2D eigenvalue weighted by atomic mass is 32.1. The van der Waals surface area contributed by atoms with Gasteiger partial charge < -0.3 is 5.32 Å². The molecule has 0 aliphatic carbocycles. The number of halogens is 1. The van der Waals surface area contributed by atoms with Crippen LogP contribution in [0.15, 0.2) is 42.5 Å². The molecule has 2 aromatic carbocycles. The fraction of sp³-hybridized carbons (Fsp3) is 0.0714. The molecular formula is C14H11FN2S. The Morgan fingerprint density at radius 1 is 1.17 bits per heavy atom. The van der Waals surface area contributed by atoms with Crippen molar-refractivity contribution in [2.24, 2.45) is 0 Å². The number of hydrogen-bond donors (Lipinski definition) is 1. The molecule has 0 aliphatic rings. The molecule has 3 rings (SSSR count). The molecule has 0 saturated heterocycles. The quantitative estimate of drug-likeness (QED) is 0.732. The first-order chi connectivity index (χ1) is 8.72. The summed E-state index contributed by atoms with van der Waals surface area (Å²) in [5.41, 5.74) is 2.71. The van der Waals surface area contributed by atoms with Crippen molar-refractivity contribution in [1.29, 1.82) is 0 Å². The summed E-state index contributed by atoms with van der Waals surface area (Å²) < 4.78 is 14.3. The third kappa shape index (κ3) is 2.07. The minimum absolute atomic E-state index is 0.246. The second-order valence-corrected chi connectivity index (χ2v) is 5.10. The van der Waals surface area contributed by atoms with Gasteiger partial charge in [0.05, 0.1) is 10.2 Å². The number of nitrogens with zero attached hydrogens (tertiary/aromatic N) is 1. The largest absolute Gasteiger partial charge is 0.331 e. The zero-order valence-corrected chi connectivity index (χ0v) is 10.6. The summed E-state index contributed by atoms with van der Waals surface area (Å²) in [6.45, 7) is 1.94. The first-order valence-electron chi connectivity index (χ1n) is 5.61. The average Bonchev–Trinajstić information content (AvgIpc) is 2.76. The molecule has 1 heterocycles. The lowest BCUT2D eigenvalue weighted by Crippen LogP contribution is -1.93. The second kappa shape index (κ2) is 4.38. The Balaban J connectivity index is 1.98. The van der Waals surface area contributed by atoms with Gasteiger partial charge in [0, 0.05) is 5.69 Å². The van der Waals surface area contributed by atoms with Gasteiger partial charge in [-0.2, -0.15) is 0 Å². The predicted octanol–water partition coefficient (Wildman–Crippen LogP) is 4.49. The van der Waals surface area contributed by atoms with E-state index in [0.717, 1.165) is 26.6 Å². The van der Waals surface area contributed by atoms with Gasteiger partial charge >= 0.3 is 0 Å². The number of benzene rings is 2. The Hall–Kier alpha value is -1.94. The highest BCUT2D eigenvalue weighted by Gasteiger charge is 2.05. The Morgan fingerprint density at radius 2 is 2.00 bits per heavy atom. The van der Waals surface area contributed by atoms with Crippen LogP contribution in [-0.4, -0.2) is 4.98 Å². The second-order valence-electron chi connectivity index (χ2n) is 4.07. The van der Waals surface area contributed by atoms with Crippen LogP contribution in [0.3, 0.4) is 0 Å². The maximum atomic E-state index is 13.2. The lowest BCUT2D eigenvalue weighted by Gasteiger charge is -2.05. The SMILES string of the molecule is Cc1ccc(F)cc1Nc1nc2ccccc2s1. The molecule has 90 valence electrons. The van der Waals surface area contributed by atoms with E-state index in [1.54, 1.807) is 17.4 Å². The molecule has 18 heavy (non-hydrogen) atoms. The van der Waals surface area contributed by atoms with Crippen molar-refractivity contribution in [3.05, 3.63) is 53.8 Å². The van der Waals surface area contributed by atoms with E-state index in [4.69, 9.17) is 0 Å². The topological polar surface area (TPSA) is 24.9 Å². The summed E-state index contributed by atoms with van der Waals surface area (Å²) in [6.07, 6.45) is 0. The Morgan fingerprint density at radius 3 is 2.83 bits per heavy atom. The van der Waals surface area contributed by atoms with Crippen LogP contribution >= 0.6 is 11.3 Å². The number of nitrogens with one attached hydrogen (secondary N) is 1. The van der Waals surface area contributed by atoms with Crippen LogP contribution in [0.1, 0.15) is 5.56 Å². The first-order valence-corrected chi connectivity index (χ1v) is 6.43. The van der Waals surface area contributed by atoms with E-state index in [1.165, 1.54) is 12.1 Å². The molecule has 1 aromatic heterocycles. The number of fused-ring (bicyclic) bond motifs is 1. The fourth-order valence-electron chi connectivity index (χ4n) is 1.77. The standard InChI is InChI=1S/C14H11FN2S/c1-9-6-7-10(15)8-12(9)17-14-16-11-4-2-3-5-13(11)18-14/h2-8H,1H3,(H,16,17). The maximum absolute atomic E-state index is 13.2. The van der Waals surface area contributed by atoms with Crippen LogP contribution in [0.5, 0.6) is 0 Å². The molecule has 0 saturated carbocycles. The zero-order chi connectivity index (χ0) is 12.5. The number of hydrogen-bond acceptors (Lipinski definition) is 3. The van der Waals surface area contributed by atoms with Crippen LogP contribution in [0.25, 0.3) is 10.2 Å². The van der Waals surface area contributed by atoms with Gasteiger partial charge in [0.15, 0.2) is 5.13 Å². The summed E-state index contributed by atoms with van der Waals surface area (Å²) in [5.74, 6) is -0.246. The lowest BCUT2D eigenvalue weighted by atomic mass is 10.2. The van der Waals surface area contributed by atoms with E-state index in [1.807, 2.05) is 31.2 Å². The van der Waals surface area contributed by atoms with E-state index in [9.17, 15) is 4.39 Å². The number of aromatic nitrogens is 1.